The van der Waals surface area contributed by atoms with Crippen molar-refractivity contribution < 1.29 is 14.6 Å². The zero-order chi connectivity index (χ0) is 12.3. The summed E-state index contributed by atoms with van der Waals surface area (Å²) in [5.74, 6) is -0.301. The van der Waals surface area contributed by atoms with Crippen LogP contribution in [0.1, 0.15) is 46.5 Å². The van der Waals surface area contributed by atoms with Gasteiger partial charge in [0.15, 0.2) is 0 Å². The predicted molar refractivity (Wildman–Crippen MR) is 61.8 cm³/mol. The molecular formula is C12H23NO3. The number of ether oxygens (including phenoxy) is 1. The highest BCUT2D eigenvalue weighted by Gasteiger charge is 2.32. The van der Waals surface area contributed by atoms with Crippen LogP contribution in [0, 0.1) is 5.92 Å². The summed E-state index contributed by atoms with van der Waals surface area (Å²) >= 11 is 0. The molecule has 0 radical (unpaired) electrons. The quantitative estimate of drug-likeness (QED) is 0.698. The van der Waals surface area contributed by atoms with Crippen LogP contribution in [0.2, 0.25) is 0 Å². The van der Waals surface area contributed by atoms with Gasteiger partial charge in [-0.25, -0.2) is 0 Å². The first-order chi connectivity index (χ1) is 7.29. The minimum Gasteiger partial charge on any atom is -0.459 e. The summed E-state index contributed by atoms with van der Waals surface area (Å²) in [5, 5.41) is 9.54. The molecule has 0 aromatic rings. The van der Waals surface area contributed by atoms with E-state index in [1.807, 2.05) is 20.8 Å². The maximum absolute atomic E-state index is 11.7. The molecule has 4 heteroatoms. The Bertz CT molecular complexity index is 247. The van der Waals surface area contributed by atoms with E-state index in [4.69, 9.17) is 10.5 Å². The topological polar surface area (TPSA) is 72.5 Å². The highest BCUT2D eigenvalue weighted by atomic mass is 16.6. The van der Waals surface area contributed by atoms with Gasteiger partial charge in [-0.1, -0.05) is 6.42 Å². The standard InChI is InChI=1S/C12H23NO3/c1-12(2,3)16-11(15)10(13)8-5-4-6-9(14)7-8/h8-10,14H,4-7,13H2,1-3H3/t8-,9?,10-/m0/s1. The third kappa shape index (κ3) is 4.10. The summed E-state index contributed by atoms with van der Waals surface area (Å²) in [4.78, 5) is 11.7. The lowest BCUT2D eigenvalue weighted by atomic mass is 9.82. The summed E-state index contributed by atoms with van der Waals surface area (Å²) in [7, 11) is 0. The number of esters is 1. The van der Waals surface area contributed by atoms with Crippen molar-refractivity contribution in [2.75, 3.05) is 0 Å². The molecule has 4 nitrogen and oxygen atoms in total. The number of rotatable bonds is 2. The Morgan fingerprint density at radius 2 is 2.06 bits per heavy atom. The van der Waals surface area contributed by atoms with E-state index in [-0.39, 0.29) is 18.0 Å². The normalized spacial score (nSPS) is 28.6. The average molecular weight is 229 g/mol. The molecule has 0 spiro atoms. The van der Waals surface area contributed by atoms with E-state index in [0.717, 1.165) is 19.3 Å². The Balaban J connectivity index is 2.49. The van der Waals surface area contributed by atoms with Crippen LogP contribution in [0.25, 0.3) is 0 Å². The molecule has 1 fully saturated rings. The zero-order valence-corrected chi connectivity index (χ0v) is 10.4. The first kappa shape index (κ1) is 13.5. The highest BCUT2D eigenvalue weighted by molar-refractivity contribution is 5.76. The van der Waals surface area contributed by atoms with E-state index in [0.29, 0.717) is 6.42 Å². The third-order valence-corrected chi connectivity index (χ3v) is 2.87. The van der Waals surface area contributed by atoms with E-state index in [1.54, 1.807) is 0 Å². The van der Waals surface area contributed by atoms with E-state index < -0.39 is 11.6 Å². The van der Waals surface area contributed by atoms with Crippen LogP contribution in [0.4, 0.5) is 0 Å². The van der Waals surface area contributed by atoms with Crippen molar-refractivity contribution in [2.24, 2.45) is 11.7 Å². The number of nitrogens with two attached hydrogens (primary N) is 1. The van der Waals surface area contributed by atoms with Crippen molar-refractivity contribution in [1.82, 2.24) is 0 Å². The van der Waals surface area contributed by atoms with E-state index >= 15 is 0 Å². The Hall–Kier alpha value is -0.610. The second-order valence-electron chi connectivity index (χ2n) is 5.64. The van der Waals surface area contributed by atoms with Gasteiger partial charge in [-0.2, -0.15) is 0 Å². The molecule has 0 bridgehead atoms. The molecule has 16 heavy (non-hydrogen) atoms. The number of aliphatic hydroxyl groups is 1. The first-order valence-corrected chi connectivity index (χ1v) is 5.96. The molecule has 3 N–H and O–H groups in total. The van der Waals surface area contributed by atoms with Crippen molar-refractivity contribution >= 4 is 5.97 Å². The molecule has 1 unspecified atom stereocenters. The van der Waals surface area contributed by atoms with Crippen molar-refractivity contribution in [3.8, 4) is 0 Å². The Kier molecular flexibility index (Phi) is 4.33. The molecule has 0 aromatic heterocycles. The second kappa shape index (κ2) is 5.15. The van der Waals surface area contributed by atoms with Gasteiger partial charge >= 0.3 is 5.97 Å². The largest absolute Gasteiger partial charge is 0.459 e. The second-order valence-corrected chi connectivity index (χ2v) is 5.64. The smallest absolute Gasteiger partial charge is 0.323 e. The van der Waals surface area contributed by atoms with Crippen LogP contribution >= 0.6 is 0 Å². The lowest BCUT2D eigenvalue weighted by molar-refractivity contribution is -0.158. The van der Waals surface area contributed by atoms with Gasteiger partial charge in [-0.15, -0.1) is 0 Å². The minimum atomic E-state index is -0.603. The van der Waals surface area contributed by atoms with E-state index in [1.165, 1.54) is 0 Å². The summed E-state index contributed by atoms with van der Waals surface area (Å²) in [5.41, 5.74) is 5.38. The maximum Gasteiger partial charge on any atom is 0.323 e. The average Bonchev–Trinajstić information content (AvgIpc) is 2.14. The first-order valence-electron chi connectivity index (χ1n) is 5.96. The van der Waals surface area contributed by atoms with Crippen LogP contribution in [-0.4, -0.2) is 28.8 Å². The fourth-order valence-electron chi connectivity index (χ4n) is 2.09. The van der Waals surface area contributed by atoms with Gasteiger partial charge < -0.3 is 15.6 Å². The molecular weight excluding hydrogens is 206 g/mol. The molecule has 0 amide bonds. The lowest BCUT2D eigenvalue weighted by Crippen LogP contribution is -2.44. The summed E-state index contributed by atoms with van der Waals surface area (Å²) in [6.07, 6.45) is 2.95. The number of hydrogen-bond donors (Lipinski definition) is 2. The van der Waals surface area contributed by atoms with Crippen molar-refractivity contribution in [3.05, 3.63) is 0 Å². The van der Waals surface area contributed by atoms with Gasteiger partial charge in [0.2, 0.25) is 0 Å². The van der Waals surface area contributed by atoms with Crippen molar-refractivity contribution in [1.29, 1.82) is 0 Å². The number of aliphatic hydroxyl groups excluding tert-OH is 1. The fraction of sp³-hybridized carbons (Fsp3) is 0.917. The number of carbonyl (C=O) groups excluding carboxylic acids is 1. The van der Waals surface area contributed by atoms with Gasteiger partial charge in [-0.3, -0.25) is 4.79 Å². The molecule has 94 valence electrons. The fourth-order valence-corrected chi connectivity index (χ4v) is 2.09. The van der Waals surface area contributed by atoms with Crippen LogP contribution < -0.4 is 5.73 Å². The van der Waals surface area contributed by atoms with Crippen LogP contribution in [-0.2, 0) is 9.53 Å². The highest BCUT2D eigenvalue weighted by Crippen LogP contribution is 2.27. The van der Waals surface area contributed by atoms with Crippen LogP contribution in [0.5, 0.6) is 0 Å². The van der Waals surface area contributed by atoms with Gasteiger partial charge in [0.05, 0.1) is 6.10 Å². The summed E-state index contributed by atoms with van der Waals surface area (Å²) in [6.45, 7) is 5.48. The number of hydrogen-bond acceptors (Lipinski definition) is 4. The van der Waals surface area contributed by atoms with Gasteiger partial charge in [0.1, 0.15) is 11.6 Å². The summed E-state index contributed by atoms with van der Waals surface area (Å²) < 4.78 is 5.24. The molecule has 0 aromatic carbocycles. The third-order valence-electron chi connectivity index (χ3n) is 2.87. The summed E-state index contributed by atoms with van der Waals surface area (Å²) in [6, 6.07) is -0.603. The molecule has 0 aliphatic heterocycles. The van der Waals surface area contributed by atoms with Gasteiger partial charge in [-0.05, 0) is 46.0 Å². The monoisotopic (exact) mass is 229 g/mol. The van der Waals surface area contributed by atoms with Crippen LogP contribution in [0.15, 0.2) is 0 Å². The minimum absolute atomic E-state index is 0.0543. The molecule has 1 aliphatic carbocycles. The SMILES string of the molecule is CC(C)(C)OC(=O)[C@@H](N)[C@H]1CCCC(O)C1. The molecule has 0 saturated heterocycles. The zero-order valence-electron chi connectivity index (χ0n) is 10.4. The molecule has 1 saturated carbocycles. The van der Waals surface area contributed by atoms with Crippen molar-refractivity contribution in [2.45, 2.75) is 64.2 Å². The predicted octanol–water partition coefficient (Wildman–Crippen LogP) is 1.21. The van der Waals surface area contributed by atoms with Gasteiger partial charge in [0.25, 0.3) is 0 Å². The van der Waals surface area contributed by atoms with E-state index in [2.05, 4.69) is 0 Å². The molecule has 0 heterocycles. The van der Waals surface area contributed by atoms with Crippen LogP contribution in [0.3, 0.4) is 0 Å². The molecule has 1 rings (SSSR count). The van der Waals surface area contributed by atoms with Crippen molar-refractivity contribution in [3.63, 3.8) is 0 Å². The molecule has 3 atom stereocenters. The maximum atomic E-state index is 11.7. The number of carbonyl (C=O) groups is 1. The molecule has 1 aliphatic rings. The lowest BCUT2D eigenvalue weighted by Gasteiger charge is -2.31. The Morgan fingerprint density at radius 1 is 1.44 bits per heavy atom. The Morgan fingerprint density at radius 3 is 2.56 bits per heavy atom. The Labute approximate surface area is 97.2 Å². The van der Waals surface area contributed by atoms with Gasteiger partial charge in [0, 0.05) is 0 Å². The van der Waals surface area contributed by atoms with E-state index in [9.17, 15) is 9.90 Å².